The molecule has 0 atom stereocenters. The first-order chi connectivity index (χ1) is 13.2. The third-order valence-corrected chi connectivity index (χ3v) is 4.35. The Bertz CT molecular complexity index is 938. The fourth-order valence-electron chi connectivity index (χ4n) is 2.85. The number of para-hydroxylation sites is 1. The fraction of sp³-hybridized carbons (Fsp3) is 0.136. The van der Waals surface area contributed by atoms with E-state index in [1.54, 1.807) is 6.20 Å². The third-order valence-electron chi connectivity index (χ3n) is 4.12. The minimum Gasteiger partial charge on any atom is -0.355 e. The van der Waals surface area contributed by atoms with Crippen LogP contribution in [0.2, 0.25) is 5.02 Å². The van der Waals surface area contributed by atoms with Crippen molar-refractivity contribution in [1.82, 2.24) is 9.88 Å². The van der Waals surface area contributed by atoms with Crippen molar-refractivity contribution in [3.63, 3.8) is 0 Å². The maximum atomic E-state index is 6.13. The molecule has 0 radical (unpaired) electrons. The molecule has 0 bridgehead atoms. The Labute approximate surface area is 164 Å². The van der Waals surface area contributed by atoms with Gasteiger partial charge in [0, 0.05) is 36.6 Å². The van der Waals surface area contributed by atoms with Crippen LogP contribution in [0.3, 0.4) is 0 Å². The molecule has 3 rings (SSSR count). The number of hydrogen-bond donors (Lipinski definition) is 0. The van der Waals surface area contributed by atoms with Crippen molar-refractivity contribution in [3.05, 3.63) is 94.8 Å². The second kappa shape index (κ2) is 9.10. The lowest BCUT2D eigenvalue weighted by atomic mass is 10.1. The number of aromatic nitrogens is 1. The van der Waals surface area contributed by atoms with Gasteiger partial charge in [0.15, 0.2) is 0 Å². The molecule has 0 unspecified atom stereocenters. The number of pyridine rings is 1. The summed E-state index contributed by atoms with van der Waals surface area (Å²) in [7, 11) is 2.02. The van der Waals surface area contributed by atoms with Crippen molar-refractivity contribution in [2.75, 3.05) is 7.05 Å². The Hall–Kier alpha value is -2.98. The van der Waals surface area contributed by atoms with Gasteiger partial charge in [-0.25, -0.2) is 0 Å². The topological polar surface area (TPSA) is 40.9 Å². The standard InChI is InChI=1S/C22H21ClN4/c1-24-21-11-4-3-10-20(21)22(26-15-18-8-6-12-25-14-18)27(2)16-17-7-5-9-19(23)13-17/h3-14H,1,15-16H2,2H3. The highest BCUT2D eigenvalue weighted by molar-refractivity contribution is 6.30. The normalized spacial score (nSPS) is 11.3. The highest BCUT2D eigenvalue weighted by Crippen LogP contribution is 2.22. The van der Waals surface area contributed by atoms with Gasteiger partial charge in [-0.15, -0.1) is 0 Å². The monoisotopic (exact) mass is 376 g/mol. The molecule has 0 amide bonds. The zero-order chi connectivity index (χ0) is 19.1. The van der Waals surface area contributed by atoms with Crippen LogP contribution in [0.15, 0.2) is 83.0 Å². The summed E-state index contributed by atoms with van der Waals surface area (Å²) in [6.07, 6.45) is 3.59. The fourth-order valence-corrected chi connectivity index (χ4v) is 3.07. The van der Waals surface area contributed by atoms with Crippen molar-refractivity contribution in [3.8, 4) is 0 Å². The molecule has 136 valence electrons. The molecule has 0 saturated heterocycles. The molecule has 0 aliphatic rings. The van der Waals surface area contributed by atoms with Crippen LogP contribution in [-0.2, 0) is 13.1 Å². The lowest BCUT2D eigenvalue weighted by Gasteiger charge is -2.23. The predicted molar refractivity (Wildman–Crippen MR) is 113 cm³/mol. The van der Waals surface area contributed by atoms with E-state index in [1.165, 1.54) is 0 Å². The summed E-state index contributed by atoms with van der Waals surface area (Å²) >= 11 is 6.13. The Morgan fingerprint density at radius 2 is 1.89 bits per heavy atom. The van der Waals surface area contributed by atoms with E-state index in [2.05, 4.69) is 27.7 Å². The zero-order valence-corrected chi connectivity index (χ0v) is 16.0. The number of rotatable bonds is 6. The van der Waals surface area contributed by atoms with E-state index in [1.807, 2.05) is 67.8 Å². The summed E-state index contributed by atoms with van der Waals surface area (Å²) in [5.74, 6) is 0.849. The summed E-state index contributed by atoms with van der Waals surface area (Å²) in [6, 6.07) is 19.7. The van der Waals surface area contributed by atoms with Gasteiger partial charge in [0.1, 0.15) is 5.84 Å². The first kappa shape index (κ1) is 18.8. The summed E-state index contributed by atoms with van der Waals surface area (Å²) in [5, 5.41) is 0.725. The summed E-state index contributed by atoms with van der Waals surface area (Å²) < 4.78 is 0. The van der Waals surface area contributed by atoms with E-state index in [9.17, 15) is 0 Å². The van der Waals surface area contributed by atoms with Crippen molar-refractivity contribution in [1.29, 1.82) is 0 Å². The number of hydrogen-bond acceptors (Lipinski definition) is 3. The number of halogens is 1. The molecule has 0 saturated carbocycles. The van der Waals surface area contributed by atoms with Gasteiger partial charge < -0.3 is 4.90 Å². The number of aliphatic imine (C=N–C) groups is 2. The van der Waals surface area contributed by atoms with Crippen LogP contribution in [0, 0.1) is 0 Å². The molecule has 2 aromatic carbocycles. The maximum absolute atomic E-state index is 6.13. The molecule has 0 aliphatic heterocycles. The number of amidine groups is 1. The number of benzene rings is 2. The maximum Gasteiger partial charge on any atom is 0.133 e. The van der Waals surface area contributed by atoms with E-state index in [0.29, 0.717) is 13.1 Å². The molecule has 0 N–H and O–H groups in total. The average Bonchev–Trinajstić information content (AvgIpc) is 2.69. The van der Waals surface area contributed by atoms with Crippen molar-refractivity contribution < 1.29 is 0 Å². The Morgan fingerprint density at radius 3 is 2.63 bits per heavy atom. The van der Waals surface area contributed by atoms with E-state index < -0.39 is 0 Å². The van der Waals surface area contributed by atoms with Crippen LogP contribution < -0.4 is 0 Å². The van der Waals surface area contributed by atoms with Crippen LogP contribution in [0.5, 0.6) is 0 Å². The van der Waals surface area contributed by atoms with Crippen molar-refractivity contribution >= 4 is 29.8 Å². The molecule has 27 heavy (non-hydrogen) atoms. The van der Waals surface area contributed by atoms with Gasteiger partial charge in [0.25, 0.3) is 0 Å². The number of nitrogens with zero attached hydrogens (tertiary/aromatic N) is 4. The van der Waals surface area contributed by atoms with E-state index in [0.717, 1.165) is 33.2 Å². The highest BCUT2D eigenvalue weighted by atomic mass is 35.5. The van der Waals surface area contributed by atoms with Gasteiger partial charge in [-0.1, -0.05) is 41.9 Å². The zero-order valence-electron chi connectivity index (χ0n) is 15.2. The minimum atomic E-state index is 0.536. The molecule has 5 heteroatoms. The molecule has 0 fully saturated rings. The Kier molecular flexibility index (Phi) is 6.34. The molecule has 1 heterocycles. The van der Waals surface area contributed by atoms with E-state index >= 15 is 0 Å². The predicted octanol–water partition coefficient (Wildman–Crippen LogP) is 5.15. The second-order valence-corrected chi connectivity index (χ2v) is 6.60. The van der Waals surface area contributed by atoms with Crippen molar-refractivity contribution in [2.24, 2.45) is 9.98 Å². The SMILES string of the molecule is C=Nc1ccccc1C(=NCc1cccnc1)N(C)Cc1cccc(Cl)c1. The third kappa shape index (κ3) is 5.02. The quantitative estimate of drug-likeness (QED) is 0.441. The smallest absolute Gasteiger partial charge is 0.133 e. The minimum absolute atomic E-state index is 0.536. The van der Waals surface area contributed by atoms with E-state index in [-0.39, 0.29) is 0 Å². The molecule has 0 spiro atoms. The van der Waals surface area contributed by atoms with Crippen molar-refractivity contribution in [2.45, 2.75) is 13.1 Å². The van der Waals surface area contributed by atoms with Gasteiger partial charge >= 0.3 is 0 Å². The lowest BCUT2D eigenvalue weighted by molar-refractivity contribution is 0.499. The molecule has 4 nitrogen and oxygen atoms in total. The van der Waals surface area contributed by atoms with Gasteiger partial charge in [-0.3, -0.25) is 15.0 Å². The summed E-state index contributed by atoms with van der Waals surface area (Å²) in [6.45, 7) is 4.91. The van der Waals surface area contributed by atoms with Gasteiger partial charge in [-0.2, -0.15) is 0 Å². The molecule has 3 aromatic rings. The largest absolute Gasteiger partial charge is 0.355 e. The van der Waals surface area contributed by atoms with Gasteiger partial charge in [-0.05, 0) is 48.2 Å². The molecule has 1 aromatic heterocycles. The lowest BCUT2D eigenvalue weighted by Crippen LogP contribution is -2.27. The van der Waals surface area contributed by atoms with Gasteiger partial charge in [0.05, 0.1) is 12.2 Å². The van der Waals surface area contributed by atoms with Crippen LogP contribution in [0.1, 0.15) is 16.7 Å². The molecular weight excluding hydrogens is 356 g/mol. The highest BCUT2D eigenvalue weighted by Gasteiger charge is 2.14. The average molecular weight is 377 g/mol. The Morgan fingerprint density at radius 1 is 1.07 bits per heavy atom. The second-order valence-electron chi connectivity index (χ2n) is 6.16. The van der Waals surface area contributed by atoms with Crippen LogP contribution in [0.25, 0.3) is 0 Å². The Balaban J connectivity index is 1.94. The first-order valence-electron chi connectivity index (χ1n) is 8.62. The molecular formula is C22H21ClN4. The van der Waals surface area contributed by atoms with Crippen LogP contribution in [0.4, 0.5) is 5.69 Å². The van der Waals surface area contributed by atoms with Crippen LogP contribution >= 0.6 is 11.6 Å². The summed E-state index contributed by atoms with van der Waals surface area (Å²) in [4.78, 5) is 15.3. The van der Waals surface area contributed by atoms with Crippen LogP contribution in [-0.4, -0.2) is 29.5 Å². The first-order valence-corrected chi connectivity index (χ1v) is 9.00. The molecule has 0 aliphatic carbocycles. The van der Waals surface area contributed by atoms with Gasteiger partial charge in [0.2, 0.25) is 0 Å². The summed E-state index contributed by atoms with van der Waals surface area (Å²) in [5.41, 5.74) is 3.92. The van der Waals surface area contributed by atoms with E-state index in [4.69, 9.17) is 16.6 Å².